The Morgan fingerprint density at radius 2 is 2.50 bits per heavy atom. The molecule has 1 saturated heterocycles. The number of carbonyl (C=O) groups is 1. The third-order valence-electron chi connectivity index (χ3n) is 1.32. The lowest BCUT2D eigenvalue weighted by Crippen LogP contribution is -2.24. The first-order valence-corrected chi connectivity index (χ1v) is 2.86. The third kappa shape index (κ3) is 1.78. The van der Waals surface area contributed by atoms with E-state index < -0.39 is 0 Å². The highest BCUT2D eigenvalue weighted by Gasteiger charge is 2.26. The van der Waals surface area contributed by atoms with Crippen molar-refractivity contribution in [3.63, 3.8) is 0 Å². The van der Waals surface area contributed by atoms with Crippen LogP contribution in [0, 0.1) is 0 Å². The second kappa shape index (κ2) is 3.68. The fraction of sp³-hybridized carbons (Fsp3) is 0.800. The van der Waals surface area contributed by atoms with Crippen LogP contribution in [0.15, 0.2) is 0 Å². The van der Waals surface area contributed by atoms with E-state index in [0.29, 0.717) is 13.1 Å². The zero-order valence-electron chi connectivity index (χ0n) is 5.83. The summed E-state index contributed by atoms with van der Waals surface area (Å²) >= 11 is 0. The van der Waals surface area contributed by atoms with Crippen molar-refractivity contribution < 1.29 is 9.53 Å². The second-order valence-corrected chi connectivity index (χ2v) is 2.12. The largest absolute Gasteiger partial charge is 0.443 e. The molecule has 0 aromatic heterocycles. The van der Waals surface area contributed by atoms with Crippen LogP contribution in [0.3, 0.4) is 0 Å². The van der Waals surface area contributed by atoms with Crippen LogP contribution in [0.2, 0.25) is 0 Å². The quantitative estimate of drug-likeness (QED) is 0.569. The smallest absolute Gasteiger partial charge is 0.410 e. The van der Waals surface area contributed by atoms with Crippen molar-refractivity contribution >= 4 is 19.6 Å². The fourth-order valence-corrected chi connectivity index (χ4v) is 0.772. The van der Waals surface area contributed by atoms with E-state index >= 15 is 0 Å². The molecule has 1 aliphatic heterocycles. The molecule has 1 heterocycles. The molecule has 0 radical (unpaired) electrons. The van der Waals surface area contributed by atoms with Gasteiger partial charge in [0.2, 0.25) is 0 Å². The van der Waals surface area contributed by atoms with Crippen molar-refractivity contribution in [2.75, 3.05) is 20.1 Å². The van der Waals surface area contributed by atoms with Gasteiger partial charge in [-0.1, -0.05) is 0 Å². The molecule has 0 saturated carbocycles. The van der Waals surface area contributed by atoms with E-state index in [0.717, 1.165) is 0 Å². The van der Waals surface area contributed by atoms with Crippen molar-refractivity contribution in [2.45, 2.75) is 6.10 Å². The van der Waals surface area contributed by atoms with Gasteiger partial charge in [-0.3, -0.25) is 0 Å². The Balaban J connectivity index is 0.000000810. The highest BCUT2D eigenvalue weighted by Crippen LogP contribution is 2.06. The minimum Gasteiger partial charge on any atom is -0.443 e. The number of hydrogen-bond donors (Lipinski definition) is 1. The van der Waals surface area contributed by atoms with Gasteiger partial charge >= 0.3 is 6.09 Å². The topological polar surface area (TPSA) is 55.6 Å². The summed E-state index contributed by atoms with van der Waals surface area (Å²) in [4.78, 5) is 12.1. The zero-order chi connectivity index (χ0) is 6.85. The Morgan fingerprint density at radius 3 is 2.70 bits per heavy atom. The number of nitrogens with two attached hydrogens (primary N) is 1. The van der Waals surface area contributed by atoms with E-state index in [1.54, 1.807) is 7.05 Å². The molecule has 5 heteroatoms. The summed E-state index contributed by atoms with van der Waals surface area (Å²) in [7, 11) is 1.69. The number of nitrogens with zero attached hydrogens (tertiary/aromatic N) is 1. The molecule has 0 aliphatic carbocycles. The Kier molecular flexibility index (Phi) is 3.52. The van der Waals surface area contributed by atoms with Crippen LogP contribution in [-0.4, -0.2) is 37.2 Å². The standard InChI is InChI=1S/C5H10N2O2.H2S/c1-7-3-4(2-6)9-5(7)8;/h4H,2-3,6H2,1H3;1H2/t4-;/m0./s1. The lowest BCUT2D eigenvalue weighted by Gasteiger charge is -2.01. The number of amides is 1. The average Bonchev–Trinajstić information content (AvgIpc) is 2.13. The molecule has 0 bridgehead atoms. The van der Waals surface area contributed by atoms with Gasteiger partial charge in [0, 0.05) is 13.6 Å². The first-order valence-electron chi connectivity index (χ1n) is 2.86. The molecule has 0 aromatic rings. The molecule has 0 unspecified atom stereocenters. The SMILES string of the molecule is CN1C[C@H](CN)OC1=O.S. The minimum absolute atomic E-state index is 0. The molecule has 60 valence electrons. The molecule has 1 rings (SSSR count). The van der Waals surface area contributed by atoms with Gasteiger partial charge in [0.25, 0.3) is 0 Å². The Labute approximate surface area is 66.8 Å². The Morgan fingerprint density at radius 1 is 1.90 bits per heavy atom. The molecule has 2 N–H and O–H groups in total. The molecule has 10 heavy (non-hydrogen) atoms. The summed E-state index contributed by atoms with van der Waals surface area (Å²) < 4.78 is 4.78. The first-order chi connectivity index (χ1) is 4.24. The summed E-state index contributed by atoms with van der Waals surface area (Å²) in [6, 6.07) is 0. The van der Waals surface area contributed by atoms with Crippen LogP contribution in [0.1, 0.15) is 0 Å². The van der Waals surface area contributed by atoms with Gasteiger partial charge in [0.05, 0.1) is 6.54 Å². The molecular weight excluding hydrogens is 152 g/mol. The van der Waals surface area contributed by atoms with E-state index in [2.05, 4.69) is 0 Å². The van der Waals surface area contributed by atoms with Gasteiger partial charge in [0.1, 0.15) is 6.10 Å². The van der Waals surface area contributed by atoms with E-state index in [4.69, 9.17) is 10.5 Å². The van der Waals surface area contributed by atoms with Crippen molar-refractivity contribution in [1.82, 2.24) is 4.90 Å². The number of likely N-dealkylation sites (N-methyl/N-ethyl adjacent to an activating group) is 1. The summed E-state index contributed by atoms with van der Waals surface area (Å²) in [5.74, 6) is 0. The maximum atomic E-state index is 10.6. The number of cyclic esters (lactones) is 1. The van der Waals surface area contributed by atoms with Crippen LogP contribution in [0.25, 0.3) is 0 Å². The van der Waals surface area contributed by atoms with Crippen molar-refractivity contribution in [1.29, 1.82) is 0 Å². The highest BCUT2D eigenvalue weighted by atomic mass is 32.1. The molecule has 1 atom stereocenters. The summed E-state index contributed by atoms with van der Waals surface area (Å²) in [6.45, 7) is 1.03. The Bertz CT molecular complexity index is 131. The number of carbonyl (C=O) groups excluding carboxylic acids is 1. The number of ether oxygens (including phenoxy) is 1. The molecule has 0 spiro atoms. The fourth-order valence-electron chi connectivity index (χ4n) is 0.772. The highest BCUT2D eigenvalue weighted by molar-refractivity contribution is 7.59. The van der Waals surface area contributed by atoms with Gasteiger partial charge < -0.3 is 15.4 Å². The number of rotatable bonds is 1. The molecule has 1 aliphatic rings. The summed E-state index contributed by atoms with van der Waals surface area (Å²) in [6.07, 6.45) is -0.368. The lowest BCUT2D eigenvalue weighted by atomic mass is 10.4. The molecule has 0 aromatic carbocycles. The van der Waals surface area contributed by atoms with Crippen LogP contribution >= 0.6 is 13.5 Å². The predicted octanol–water partition coefficient (Wildman–Crippen LogP) is -0.492. The van der Waals surface area contributed by atoms with Gasteiger partial charge in [-0.25, -0.2) is 4.79 Å². The van der Waals surface area contributed by atoms with Gasteiger partial charge in [-0.2, -0.15) is 13.5 Å². The van der Waals surface area contributed by atoms with Crippen LogP contribution in [0.5, 0.6) is 0 Å². The predicted molar refractivity (Wildman–Crippen MR) is 42.3 cm³/mol. The van der Waals surface area contributed by atoms with Crippen LogP contribution in [-0.2, 0) is 4.74 Å². The van der Waals surface area contributed by atoms with Crippen molar-refractivity contribution in [3.8, 4) is 0 Å². The van der Waals surface area contributed by atoms with Gasteiger partial charge in [-0.15, -0.1) is 0 Å². The van der Waals surface area contributed by atoms with E-state index in [1.165, 1.54) is 4.90 Å². The normalized spacial score (nSPS) is 24.0. The maximum absolute atomic E-state index is 10.6. The first kappa shape index (κ1) is 9.58. The van der Waals surface area contributed by atoms with Crippen molar-refractivity contribution in [3.05, 3.63) is 0 Å². The summed E-state index contributed by atoms with van der Waals surface area (Å²) in [5.41, 5.74) is 5.25. The lowest BCUT2D eigenvalue weighted by molar-refractivity contribution is 0.137. The van der Waals surface area contributed by atoms with Crippen LogP contribution < -0.4 is 5.73 Å². The monoisotopic (exact) mass is 164 g/mol. The van der Waals surface area contributed by atoms with Gasteiger partial charge in [0.15, 0.2) is 0 Å². The molecule has 4 nitrogen and oxygen atoms in total. The zero-order valence-corrected chi connectivity index (χ0v) is 6.83. The van der Waals surface area contributed by atoms with E-state index in [-0.39, 0.29) is 25.7 Å². The number of hydrogen-bond acceptors (Lipinski definition) is 3. The summed E-state index contributed by atoms with van der Waals surface area (Å²) in [5, 5.41) is 0. The Hall–Kier alpha value is -0.420. The molecule has 1 amide bonds. The minimum atomic E-state index is -0.273. The average molecular weight is 164 g/mol. The molecular formula is C5H12N2O2S. The third-order valence-corrected chi connectivity index (χ3v) is 1.32. The van der Waals surface area contributed by atoms with Crippen LogP contribution in [0.4, 0.5) is 4.79 Å². The van der Waals surface area contributed by atoms with Gasteiger partial charge in [-0.05, 0) is 0 Å². The van der Waals surface area contributed by atoms with E-state index in [9.17, 15) is 4.79 Å². The second-order valence-electron chi connectivity index (χ2n) is 2.12. The maximum Gasteiger partial charge on any atom is 0.410 e. The van der Waals surface area contributed by atoms with E-state index in [1.807, 2.05) is 0 Å². The molecule has 1 fully saturated rings. The van der Waals surface area contributed by atoms with Crippen molar-refractivity contribution in [2.24, 2.45) is 5.73 Å².